The predicted octanol–water partition coefficient (Wildman–Crippen LogP) is 2.16. The first-order valence-electron chi connectivity index (χ1n) is 6.59. The van der Waals surface area contributed by atoms with E-state index >= 15 is 0 Å². The molecule has 1 saturated heterocycles. The third-order valence-electron chi connectivity index (χ3n) is 3.49. The standard InChI is InChI=1S/C14H21N3O/c15-14(16-18)13-8-4-3-7-12(13)11-17-9-5-1-2-6-10-17/h3-4,7-8,18H,1-2,5-6,9-11H2,(H2,15,16). The van der Waals surface area contributed by atoms with Gasteiger partial charge in [-0.15, -0.1) is 0 Å². The largest absolute Gasteiger partial charge is 0.409 e. The fourth-order valence-corrected chi connectivity index (χ4v) is 2.50. The minimum Gasteiger partial charge on any atom is -0.409 e. The van der Waals surface area contributed by atoms with Gasteiger partial charge in [0.25, 0.3) is 0 Å². The summed E-state index contributed by atoms with van der Waals surface area (Å²) in [7, 11) is 0. The smallest absolute Gasteiger partial charge is 0.170 e. The van der Waals surface area contributed by atoms with Crippen LogP contribution >= 0.6 is 0 Å². The Balaban J connectivity index is 2.12. The van der Waals surface area contributed by atoms with Gasteiger partial charge in [-0.2, -0.15) is 0 Å². The molecule has 4 nitrogen and oxygen atoms in total. The molecule has 18 heavy (non-hydrogen) atoms. The summed E-state index contributed by atoms with van der Waals surface area (Å²) in [5.41, 5.74) is 7.68. The second-order valence-electron chi connectivity index (χ2n) is 4.83. The lowest BCUT2D eigenvalue weighted by Gasteiger charge is -2.21. The quantitative estimate of drug-likeness (QED) is 0.372. The molecule has 0 radical (unpaired) electrons. The molecule has 1 aliphatic rings. The molecule has 0 spiro atoms. The molecule has 1 aromatic rings. The minimum absolute atomic E-state index is 0.195. The van der Waals surface area contributed by atoms with Gasteiger partial charge in [0, 0.05) is 12.1 Å². The number of oxime groups is 1. The highest BCUT2D eigenvalue weighted by molar-refractivity contribution is 5.98. The highest BCUT2D eigenvalue weighted by Crippen LogP contribution is 2.16. The fourth-order valence-electron chi connectivity index (χ4n) is 2.50. The van der Waals surface area contributed by atoms with E-state index in [1.54, 1.807) is 0 Å². The maximum Gasteiger partial charge on any atom is 0.170 e. The Kier molecular flexibility index (Phi) is 4.59. The molecule has 98 valence electrons. The lowest BCUT2D eigenvalue weighted by molar-refractivity contribution is 0.276. The van der Waals surface area contributed by atoms with Gasteiger partial charge < -0.3 is 10.9 Å². The van der Waals surface area contributed by atoms with E-state index < -0.39 is 0 Å². The van der Waals surface area contributed by atoms with Crippen LogP contribution in [0.5, 0.6) is 0 Å². The molecule has 0 amide bonds. The van der Waals surface area contributed by atoms with Crippen molar-refractivity contribution in [3.63, 3.8) is 0 Å². The molecule has 3 N–H and O–H groups in total. The molecule has 0 unspecified atom stereocenters. The summed E-state index contributed by atoms with van der Waals surface area (Å²) >= 11 is 0. The Bertz CT molecular complexity index is 409. The van der Waals surface area contributed by atoms with Crippen molar-refractivity contribution in [3.05, 3.63) is 35.4 Å². The normalized spacial score (nSPS) is 18.6. The van der Waals surface area contributed by atoms with Crippen molar-refractivity contribution >= 4 is 5.84 Å². The van der Waals surface area contributed by atoms with Crippen molar-refractivity contribution in [2.75, 3.05) is 13.1 Å². The number of nitrogens with zero attached hydrogens (tertiary/aromatic N) is 2. The topological polar surface area (TPSA) is 61.9 Å². The first-order chi connectivity index (χ1) is 8.81. The zero-order valence-corrected chi connectivity index (χ0v) is 10.7. The van der Waals surface area contributed by atoms with Crippen LogP contribution in [0.2, 0.25) is 0 Å². The molecule has 1 fully saturated rings. The van der Waals surface area contributed by atoms with Crippen LogP contribution in [0.15, 0.2) is 29.4 Å². The second-order valence-corrected chi connectivity index (χ2v) is 4.83. The molecule has 1 aromatic carbocycles. The summed E-state index contributed by atoms with van der Waals surface area (Å²) in [6.07, 6.45) is 5.20. The number of benzene rings is 1. The molecule has 0 saturated carbocycles. The van der Waals surface area contributed by atoms with Crippen molar-refractivity contribution in [2.24, 2.45) is 10.9 Å². The van der Waals surface area contributed by atoms with E-state index in [0.29, 0.717) is 0 Å². The lowest BCUT2D eigenvalue weighted by atomic mass is 10.1. The summed E-state index contributed by atoms with van der Waals surface area (Å²) in [4.78, 5) is 2.45. The molecule has 0 aromatic heterocycles. The van der Waals surface area contributed by atoms with Crippen LogP contribution in [0.4, 0.5) is 0 Å². The molecular formula is C14H21N3O. The maximum atomic E-state index is 8.81. The molecule has 0 atom stereocenters. The minimum atomic E-state index is 0.195. The molecule has 1 aliphatic heterocycles. The van der Waals surface area contributed by atoms with Gasteiger partial charge in [0.1, 0.15) is 0 Å². The van der Waals surface area contributed by atoms with Crippen molar-refractivity contribution in [3.8, 4) is 0 Å². The highest BCUT2D eigenvalue weighted by Gasteiger charge is 2.12. The Morgan fingerprint density at radius 2 is 1.83 bits per heavy atom. The average Bonchev–Trinajstić information content (AvgIpc) is 2.67. The van der Waals surface area contributed by atoms with Crippen LogP contribution in [-0.4, -0.2) is 29.0 Å². The van der Waals surface area contributed by atoms with E-state index in [4.69, 9.17) is 10.9 Å². The Morgan fingerprint density at radius 3 is 2.50 bits per heavy atom. The third-order valence-corrected chi connectivity index (χ3v) is 3.49. The molecule has 2 rings (SSSR count). The summed E-state index contributed by atoms with van der Waals surface area (Å²) in [5, 5.41) is 11.9. The van der Waals surface area contributed by atoms with E-state index in [1.807, 2.05) is 18.2 Å². The van der Waals surface area contributed by atoms with Crippen LogP contribution in [0.25, 0.3) is 0 Å². The summed E-state index contributed by atoms with van der Waals surface area (Å²) < 4.78 is 0. The summed E-state index contributed by atoms with van der Waals surface area (Å²) in [6, 6.07) is 7.88. The first kappa shape index (κ1) is 12.9. The molecule has 0 bridgehead atoms. The van der Waals surface area contributed by atoms with Gasteiger partial charge in [0.2, 0.25) is 0 Å². The fraction of sp³-hybridized carbons (Fsp3) is 0.500. The number of likely N-dealkylation sites (tertiary alicyclic amines) is 1. The van der Waals surface area contributed by atoms with E-state index in [9.17, 15) is 0 Å². The Labute approximate surface area is 108 Å². The summed E-state index contributed by atoms with van der Waals surface area (Å²) in [5.74, 6) is 0.195. The van der Waals surface area contributed by atoms with Crippen LogP contribution < -0.4 is 5.73 Å². The first-order valence-corrected chi connectivity index (χ1v) is 6.59. The Hall–Kier alpha value is -1.55. The lowest BCUT2D eigenvalue weighted by Crippen LogP contribution is -2.26. The van der Waals surface area contributed by atoms with Gasteiger partial charge in [0.15, 0.2) is 5.84 Å². The van der Waals surface area contributed by atoms with Gasteiger partial charge in [-0.3, -0.25) is 4.90 Å². The molecule has 0 aliphatic carbocycles. The predicted molar refractivity (Wildman–Crippen MR) is 72.7 cm³/mol. The number of rotatable bonds is 3. The SMILES string of the molecule is N/C(=N\O)c1ccccc1CN1CCCCCC1. The third kappa shape index (κ3) is 3.23. The van der Waals surface area contributed by atoms with Crippen molar-refractivity contribution in [2.45, 2.75) is 32.2 Å². The zero-order chi connectivity index (χ0) is 12.8. The van der Waals surface area contributed by atoms with E-state index in [2.05, 4.69) is 16.1 Å². The Morgan fingerprint density at radius 1 is 1.17 bits per heavy atom. The monoisotopic (exact) mass is 247 g/mol. The van der Waals surface area contributed by atoms with E-state index in [1.165, 1.54) is 25.7 Å². The second kappa shape index (κ2) is 6.40. The van der Waals surface area contributed by atoms with Crippen LogP contribution in [-0.2, 0) is 6.54 Å². The number of hydrogen-bond donors (Lipinski definition) is 2. The summed E-state index contributed by atoms with van der Waals surface area (Å²) in [6.45, 7) is 3.17. The van der Waals surface area contributed by atoms with Gasteiger partial charge in [-0.25, -0.2) is 0 Å². The van der Waals surface area contributed by atoms with Crippen LogP contribution in [0.3, 0.4) is 0 Å². The van der Waals surface area contributed by atoms with Gasteiger partial charge in [-0.05, 0) is 31.5 Å². The van der Waals surface area contributed by atoms with Crippen molar-refractivity contribution in [1.29, 1.82) is 0 Å². The van der Waals surface area contributed by atoms with Gasteiger partial charge in [-0.1, -0.05) is 42.3 Å². The highest BCUT2D eigenvalue weighted by atomic mass is 16.4. The van der Waals surface area contributed by atoms with Crippen LogP contribution in [0.1, 0.15) is 36.8 Å². The zero-order valence-electron chi connectivity index (χ0n) is 10.7. The molecule has 4 heteroatoms. The van der Waals surface area contributed by atoms with E-state index in [-0.39, 0.29) is 5.84 Å². The average molecular weight is 247 g/mol. The van der Waals surface area contributed by atoms with Gasteiger partial charge >= 0.3 is 0 Å². The van der Waals surface area contributed by atoms with Crippen LogP contribution in [0, 0.1) is 0 Å². The van der Waals surface area contributed by atoms with E-state index in [0.717, 1.165) is 30.8 Å². The van der Waals surface area contributed by atoms with Crippen molar-refractivity contribution < 1.29 is 5.21 Å². The van der Waals surface area contributed by atoms with Gasteiger partial charge in [0.05, 0.1) is 0 Å². The number of hydrogen-bond acceptors (Lipinski definition) is 3. The molecule has 1 heterocycles. The number of amidine groups is 1. The van der Waals surface area contributed by atoms with Crippen molar-refractivity contribution in [1.82, 2.24) is 4.90 Å². The maximum absolute atomic E-state index is 8.81. The molecular weight excluding hydrogens is 226 g/mol. The number of nitrogens with two attached hydrogens (primary N) is 1.